The number of nitrogens with zero attached hydrogens (tertiary/aromatic N) is 1. The van der Waals surface area contributed by atoms with E-state index in [0.717, 1.165) is 5.69 Å². The number of carbonyl (C=O) groups is 2. The molecule has 1 aromatic carbocycles. The predicted molar refractivity (Wildman–Crippen MR) is 93.3 cm³/mol. The van der Waals surface area contributed by atoms with Gasteiger partial charge in [-0.3, -0.25) is 9.59 Å². The molecule has 2 bridgehead atoms. The Hall–Kier alpha value is -2.11. The summed E-state index contributed by atoms with van der Waals surface area (Å²) in [6.07, 6.45) is 5.71. The Kier molecular flexibility index (Phi) is 3.74. The topological polar surface area (TPSA) is 55.8 Å². The summed E-state index contributed by atoms with van der Waals surface area (Å²) in [7, 11) is 1.34. The van der Waals surface area contributed by atoms with Crippen LogP contribution in [0.4, 0.5) is 5.69 Å². The minimum atomic E-state index is -0.825. The van der Waals surface area contributed by atoms with Gasteiger partial charge >= 0.3 is 5.97 Å². The molecule has 1 spiro atoms. The highest BCUT2D eigenvalue weighted by Crippen LogP contribution is 2.56. The lowest BCUT2D eigenvalue weighted by atomic mass is 9.74. The number of carbonyl (C=O) groups excluding carboxylic acids is 2. The molecular formula is C19H18ClNO4. The van der Waals surface area contributed by atoms with Crippen LogP contribution in [0, 0.1) is 11.8 Å². The van der Waals surface area contributed by atoms with Crippen molar-refractivity contribution in [3.63, 3.8) is 0 Å². The van der Waals surface area contributed by atoms with Gasteiger partial charge in [0.25, 0.3) is 0 Å². The zero-order valence-electron chi connectivity index (χ0n) is 13.7. The van der Waals surface area contributed by atoms with E-state index in [9.17, 15) is 9.59 Å². The third-order valence-corrected chi connectivity index (χ3v) is 5.64. The first-order valence-electron chi connectivity index (χ1n) is 8.18. The second kappa shape index (κ2) is 5.71. The molecule has 0 radical (unpaired) electrons. The van der Waals surface area contributed by atoms with E-state index in [0.29, 0.717) is 11.4 Å². The number of hydrogen-bond donors (Lipinski definition) is 0. The number of benzene rings is 1. The molecule has 4 rings (SSSR count). The first kappa shape index (κ1) is 16.4. The van der Waals surface area contributed by atoms with E-state index < -0.39 is 29.5 Å². The van der Waals surface area contributed by atoms with Gasteiger partial charge < -0.3 is 14.4 Å². The van der Waals surface area contributed by atoms with Crippen LogP contribution < -0.4 is 4.90 Å². The Labute approximate surface area is 150 Å². The molecule has 0 saturated carbocycles. The Bertz CT molecular complexity index is 774. The van der Waals surface area contributed by atoms with Crippen LogP contribution in [0.25, 0.3) is 0 Å². The fourth-order valence-corrected chi connectivity index (χ4v) is 4.54. The summed E-state index contributed by atoms with van der Waals surface area (Å²) in [4.78, 5) is 27.3. The minimum absolute atomic E-state index is 0.128. The summed E-state index contributed by atoms with van der Waals surface area (Å²) in [5.74, 6) is -1.75. The van der Waals surface area contributed by atoms with Crippen LogP contribution in [-0.4, -0.2) is 36.7 Å². The van der Waals surface area contributed by atoms with Crippen LogP contribution in [0.2, 0.25) is 5.02 Å². The fraction of sp³-hybridized carbons (Fsp3) is 0.368. The molecule has 3 aliphatic rings. The average molecular weight is 360 g/mol. The number of esters is 1. The van der Waals surface area contributed by atoms with Crippen molar-refractivity contribution in [3.05, 3.63) is 54.1 Å². The number of amides is 1. The first-order chi connectivity index (χ1) is 12.0. The first-order valence-corrected chi connectivity index (χ1v) is 8.56. The molecule has 0 aromatic heterocycles. The Morgan fingerprint density at radius 3 is 2.80 bits per heavy atom. The highest BCUT2D eigenvalue weighted by atomic mass is 35.5. The van der Waals surface area contributed by atoms with Crippen molar-refractivity contribution in [2.24, 2.45) is 11.8 Å². The zero-order valence-corrected chi connectivity index (χ0v) is 14.5. The molecule has 3 aliphatic heterocycles. The average Bonchev–Trinajstić information content (AvgIpc) is 3.25. The van der Waals surface area contributed by atoms with Crippen molar-refractivity contribution in [1.82, 2.24) is 0 Å². The van der Waals surface area contributed by atoms with Crippen molar-refractivity contribution < 1.29 is 19.1 Å². The van der Waals surface area contributed by atoms with Crippen molar-refractivity contribution in [1.29, 1.82) is 0 Å². The molecule has 3 heterocycles. The summed E-state index contributed by atoms with van der Waals surface area (Å²) >= 11 is 5.98. The maximum atomic E-state index is 13.3. The molecule has 1 amide bonds. The third-order valence-electron chi connectivity index (χ3n) is 5.39. The minimum Gasteiger partial charge on any atom is -0.469 e. The Morgan fingerprint density at radius 1 is 1.44 bits per heavy atom. The lowest BCUT2D eigenvalue weighted by Crippen LogP contribution is -2.45. The zero-order chi connectivity index (χ0) is 17.8. The highest BCUT2D eigenvalue weighted by molar-refractivity contribution is 6.30. The van der Waals surface area contributed by atoms with Crippen molar-refractivity contribution >= 4 is 29.2 Å². The molecule has 0 N–H and O–H groups in total. The van der Waals surface area contributed by atoms with Gasteiger partial charge in [-0.05, 0) is 30.7 Å². The third kappa shape index (κ3) is 2.12. The van der Waals surface area contributed by atoms with Gasteiger partial charge in [-0.2, -0.15) is 0 Å². The van der Waals surface area contributed by atoms with Gasteiger partial charge in [0.15, 0.2) is 0 Å². The lowest BCUT2D eigenvalue weighted by Gasteiger charge is -2.32. The molecule has 5 nitrogen and oxygen atoms in total. The molecular weight excluding hydrogens is 342 g/mol. The molecule has 25 heavy (non-hydrogen) atoms. The number of hydrogen-bond acceptors (Lipinski definition) is 4. The van der Waals surface area contributed by atoms with Crippen LogP contribution in [0.3, 0.4) is 0 Å². The molecule has 0 unspecified atom stereocenters. The van der Waals surface area contributed by atoms with Crippen molar-refractivity contribution in [2.45, 2.75) is 24.2 Å². The SMILES string of the molecule is C=CC[C@@H]1N(c2ccc(Cl)cc2)C(=O)[C@H]2[C@@H](C(=O)OC)[C@H]3C=C[C@@]12O3. The summed E-state index contributed by atoms with van der Waals surface area (Å²) in [5, 5.41) is 0.596. The van der Waals surface area contributed by atoms with Gasteiger partial charge in [-0.25, -0.2) is 0 Å². The van der Waals surface area contributed by atoms with Gasteiger partial charge in [0.1, 0.15) is 11.5 Å². The van der Waals surface area contributed by atoms with Crippen molar-refractivity contribution in [3.8, 4) is 0 Å². The van der Waals surface area contributed by atoms with E-state index in [2.05, 4.69) is 6.58 Å². The van der Waals surface area contributed by atoms with Gasteiger partial charge in [-0.1, -0.05) is 29.8 Å². The number of ether oxygens (including phenoxy) is 2. The second-order valence-corrected chi connectivity index (χ2v) is 6.98. The van der Waals surface area contributed by atoms with E-state index >= 15 is 0 Å². The molecule has 6 heteroatoms. The number of rotatable bonds is 4. The lowest BCUT2D eigenvalue weighted by molar-refractivity contribution is -0.149. The van der Waals surface area contributed by atoms with Crippen LogP contribution in [0.15, 0.2) is 49.1 Å². The summed E-state index contributed by atoms with van der Waals surface area (Å²) < 4.78 is 11.1. The number of fused-ring (bicyclic) bond motifs is 1. The molecule has 130 valence electrons. The number of halogens is 1. The highest BCUT2D eigenvalue weighted by Gasteiger charge is 2.71. The molecule has 5 atom stereocenters. The normalized spacial score (nSPS) is 35.1. The number of anilines is 1. The monoisotopic (exact) mass is 359 g/mol. The van der Waals surface area contributed by atoms with Crippen LogP contribution in [0.1, 0.15) is 6.42 Å². The number of methoxy groups -OCH3 is 1. The van der Waals surface area contributed by atoms with Gasteiger partial charge in [0.05, 0.1) is 25.2 Å². The summed E-state index contributed by atoms with van der Waals surface area (Å²) in [5.41, 5.74) is -0.0943. The molecule has 2 fully saturated rings. The van der Waals surface area contributed by atoms with E-state index in [1.165, 1.54) is 7.11 Å². The van der Waals surface area contributed by atoms with Crippen LogP contribution in [-0.2, 0) is 19.1 Å². The standard InChI is InChI=1S/C19H18ClNO4/c1-3-4-14-19-10-9-13(25-19)15(18(23)24-2)16(19)17(22)21(14)12-7-5-11(20)6-8-12/h3,5-10,13-16H,1,4H2,2H3/t13-,14+,15+,16-,19-/m1/s1. The van der Waals surface area contributed by atoms with Gasteiger partial charge in [-0.15, -0.1) is 6.58 Å². The second-order valence-electron chi connectivity index (χ2n) is 6.55. The molecule has 2 saturated heterocycles. The van der Waals surface area contributed by atoms with Crippen LogP contribution >= 0.6 is 11.6 Å². The van der Waals surface area contributed by atoms with E-state index in [-0.39, 0.29) is 11.9 Å². The Balaban J connectivity index is 1.81. The summed E-state index contributed by atoms with van der Waals surface area (Å²) in [6.45, 7) is 3.82. The van der Waals surface area contributed by atoms with E-state index in [1.54, 1.807) is 35.2 Å². The predicted octanol–water partition coefficient (Wildman–Crippen LogP) is 2.74. The van der Waals surface area contributed by atoms with E-state index in [4.69, 9.17) is 21.1 Å². The maximum Gasteiger partial charge on any atom is 0.312 e. The quantitative estimate of drug-likeness (QED) is 0.612. The van der Waals surface area contributed by atoms with Gasteiger partial charge in [0, 0.05) is 10.7 Å². The summed E-state index contributed by atoms with van der Waals surface area (Å²) in [6, 6.07) is 6.83. The smallest absolute Gasteiger partial charge is 0.312 e. The maximum absolute atomic E-state index is 13.3. The van der Waals surface area contributed by atoms with Gasteiger partial charge in [0.2, 0.25) is 5.91 Å². The molecule has 1 aromatic rings. The largest absolute Gasteiger partial charge is 0.469 e. The fourth-order valence-electron chi connectivity index (χ4n) is 4.41. The Morgan fingerprint density at radius 2 is 2.16 bits per heavy atom. The van der Waals surface area contributed by atoms with Crippen LogP contribution in [0.5, 0.6) is 0 Å². The van der Waals surface area contributed by atoms with E-state index in [1.807, 2.05) is 12.2 Å². The molecule has 0 aliphatic carbocycles. The van der Waals surface area contributed by atoms with Crippen molar-refractivity contribution in [2.75, 3.05) is 12.0 Å².